The normalized spacial score (nSPS) is 13.2. The Bertz CT molecular complexity index is 1180. The van der Waals surface area contributed by atoms with Crippen LogP contribution < -0.4 is 4.74 Å². The molecule has 162 valence electrons. The van der Waals surface area contributed by atoms with Gasteiger partial charge < -0.3 is 9.64 Å². The number of hydrogen-bond acceptors (Lipinski definition) is 4. The number of amides is 1. The molecule has 1 amide bonds. The summed E-state index contributed by atoms with van der Waals surface area (Å²) < 4.78 is 8.07. The Hall–Kier alpha value is -3.38. The minimum Gasteiger partial charge on any atom is -0.439 e. The second-order valence-corrected chi connectivity index (χ2v) is 9.09. The molecule has 0 bridgehead atoms. The fourth-order valence-corrected chi connectivity index (χ4v) is 4.52. The summed E-state index contributed by atoms with van der Waals surface area (Å²) >= 11 is 1.49. The number of carbonyl (C=O) groups is 1. The first kappa shape index (κ1) is 20.5. The molecule has 5 rings (SSSR count). The molecule has 0 aliphatic heterocycles. The van der Waals surface area contributed by atoms with Crippen molar-refractivity contribution in [3.8, 4) is 22.9 Å². The van der Waals surface area contributed by atoms with Crippen LogP contribution >= 0.6 is 11.3 Å². The molecule has 2 aromatic heterocycles. The van der Waals surface area contributed by atoms with E-state index in [1.165, 1.54) is 24.2 Å². The van der Waals surface area contributed by atoms with E-state index in [4.69, 9.17) is 9.84 Å². The van der Waals surface area contributed by atoms with Crippen LogP contribution in [0.2, 0.25) is 0 Å². The highest BCUT2D eigenvalue weighted by Gasteiger charge is 2.30. The van der Waals surface area contributed by atoms with Gasteiger partial charge in [-0.15, -0.1) is 11.3 Å². The first-order chi connectivity index (χ1) is 15.7. The zero-order valence-corrected chi connectivity index (χ0v) is 18.8. The van der Waals surface area contributed by atoms with Gasteiger partial charge in [-0.05, 0) is 42.3 Å². The fourth-order valence-electron chi connectivity index (χ4n) is 3.83. The molecule has 2 heterocycles. The molecule has 0 radical (unpaired) electrons. The molecular formula is C26H25N3O2S. The van der Waals surface area contributed by atoms with Gasteiger partial charge in [-0.2, -0.15) is 5.10 Å². The van der Waals surface area contributed by atoms with E-state index in [0.717, 1.165) is 34.0 Å². The standard InChI is InChI=1S/C26H25N3O2S/c1-28-26(31-21-11-6-3-7-12-21)22(24(27-28)20-9-4-2-5-10-20)18-29(17-19-14-15-19)25(30)23-13-8-16-32-23/h2-13,16,19H,14-15,17-18H2,1H3. The molecular weight excluding hydrogens is 418 g/mol. The molecule has 1 aliphatic carbocycles. The van der Waals surface area contributed by atoms with Crippen molar-refractivity contribution in [2.75, 3.05) is 6.54 Å². The minimum atomic E-state index is 0.0698. The Labute approximate surface area is 191 Å². The fraction of sp³-hybridized carbons (Fsp3) is 0.231. The molecule has 1 saturated carbocycles. The number of aryl methyl sites for hydroxylation is 1. The number of hydrogen-bond donors (Lipinski definition) is 0. The van der Waals surface area contributed by atoms with Crippen molar-refractivity contribution in [1.82, 2.24) is 14.7 Å². The number of rotatable bonds is 8. The topological polar surface area (TPSA) is 47.4 Å². The summed E-state index contributed by atoms with van der Waals surface area (Å²) in [5.74, 6) is 2.05. The van der Waals surface area contributed by atoms with E-state index in [0.29, 0.717) is 18.3 Å². The van der Waals surface area contributed by atoms with E-state index in [9.17, 15) is 4.79 Å². The minimum absolute atomic E-state index is 0.0698. The molecule has 0 atom stereocenters. The molecule has 0 saturated heterocycles. The predicted molar refractivity (Wildman–Crippen MR) is 127 cm³/mol. The number of benzene rings is 2. The summed E-state index contributed by atoms with van der Waals surface area (Å²) in [6.45, 7) is 1.21. The molecule has 2 aromatic carbocycles. The predicted octanol–water partition coefficient (Wildman–Crippen LogP) is 5.99. The van der Waals surface area contributed by atoms with Crippen LogP contribution in [0.1, 0.15) is 28.1 Å². The second-order valence-electron chi connectivity index (χ2n) is 8.14. The number of para-hydroxylation sites is 1. The highest BCUT2D eigenvalue weighted by atomic mass is 32.1. The van der Waals surface area contributed by atoms with Crippen LogP contribution in [0.15, 0.2) is 78.2 Å². The lowest BCUT2D eigenvalue weighted by molar-refractivity contribution is 0.0739. The van der Waals surface area contributed by atoms with Crippen molar-refractivity contribution in [2.24, 2.45) is 13.0 Å². The first-order valence-electron chi connectivity index (χ1n) is 10.9. The average Bonchev–Trinajstić information content (AvgIpc) is 3.37. The Morgan fingerprint density at radius 2 is 1.78 bits per heavy atom. The summed E-state index contributed by atoms with van der Waals surface area (Å²) in [6.07, 6.45) is 2.36. The molecule has 6 heteroatoms. The van der Waals surface area contributed by atoms with Gasteiger partial charge in [0.05, 0.1) is 17.0 Å². The monoisotopic (exact) mass is 443 g/mol. The van der Waals surface area contributed by atoms with Crippen LogP contribution in [0, 0.1) is 5.92 Å². The van der Waals surface area contributed by atoms with Crippen LogP contribution in [0.4, 0.5) is 0 Å². The third-order valence-corrected chi connectivity index (χ3v) is 6.49. The van der Waals surface area contributed by atoms with E-state index in [-0.39, 0.29) is 5.91 Å². The van der Waals surface area contributed by atoms with E-state index >= 15 is 0 Å². The van der Waals surface area contributed by atoms with Crippen molar-refractivity contribution < 1.29 is 9.53 Å². The molecule has 4 aromatic rings. The third-order valence-electron chi connectivity index (χ3n) is 5.64. The number of carbonyl (C=O) groups excluding carboxylic acids is 1. The van der Waals surface area contributed by atoms with Gasteiger partial charge in [0.15, 0.2) is 0 Å². The summed E-state index contributed by atoms with van der Waals surface area (Å²) in [5.41, 5.74) is 2.78. The highest BCUT2D eigenvalue weighted by molar-refractivity contribution is 7.12. The van der Waals surface area contributed by atoms with Crippen molar-refractivity contribution in [3.05, 3.63) is 88.6 Å². The maximum atomic E-state index is 13.4. The Kier molecular flexibility index (Phi) is 5.77. The lowest BCUT2D eigenvalue weighted by Gasteiger charge is -2.23. The Balaban J connectivity index is 1.55. The van der Waals surface area contributed by atoms with E-state index in [2.05, 4.69) is 0 Å². The zero-order valence-electron chi connectivity index (χ0n) is 18.0. The quantitative estimate of drug-likeness (QED) is 0.336. The van der Waals surface area contributed by atoms with Gasteiger partial charge in [-0.3, -0.25) is 4.79 Å². The third kappa shape index (κ3) is 4.46. The van der Waals surface area contributed by atoms with Crippen molar-refractivity contribution in [1.29, 1.82) is 0 Å². The van der Waals surface area contributed by atoms with Gasteiger partial charge in [0.1, 0.15) is 11.4 Å². The van der Waals surface area contributed by atoms with Crippen LogP contribution in [0.3, 0.4) is 0 Å². The van der Waals surface area contributed by atoms with Gasteiger partial charge in [0, 0.05) is 19.2 Å². The number of ether oxygens (including phenoxy) is 1. The summed E-state index contributed by atoms with van der Waals surface area (Å²) in [6, 6.07) is 23.6. The first-order valence-corrected chi connectivity index (χ1v) is 11.7. The van der Waals surface area contributed by atoms with Crippen molar-refractivity contribution >= 4 is 17.2 Å². The number of thiophene rings is 1. The van der Waals surface area contributed by atoms with Gasteiger partial charge in [0.25, 0.3) is 5.91 Å². The largest absolute Gasteiger partial charge is 0.439 e. The average molecular weight is 444 g/mol. The number of nitrogens with zero attached hydrogens (tertiary/aromatic N) is 3. The van der Waals surface area contributed by atoms with Crippen LogP contribution in [0.25, 0.3) is 11.3 Å². The lowest BCUT2D eigenvalue weighted by Crippen LogP contribution is -2.32. The molecule has 0 N–H and O–H groups in total. The van der Waals surface area contributed by atoms with E-state index in [1.807, 2.05) is 90.1 Å². The van der Waals surface area contributed by atoms with Crippen LogP contribution in [-0.4, -0.2) is 27.1 Å². The molecule has 1 fully saturated rings. The maximum absolute atomic E-state index is 13.4. The zero-order chi connectivity index (χ0) is 21.9. The summed E-state index contributed by atoms with van der Waals surface area (Å²) in [4.78, 5) is 16.1. The van der Waals surface area contributed by atoms with E-state index < -0.39 is 0 Å². The molecule has 0 unspecified atom stereocenters. The molecule has 32 heavy (non-hydrogen) atoms. The van der Waals surface area contributed by atoms with Crippen molar-refractivity contribution in [2.45, 2.75) is 19.4 Å². The SMILES string of the molecule is Cn1nc(-c2ccccc2)c(CN(CC2CC2)C(=O)c2cccs2)c1Oc1ccccc1. The Morgan fingerprint density at radius 1 is 1.06 bits per heavy atom. The van der Waals surface area contributed by atoms with Crippen LogP contribution in [-0.2, 0) is 13.6 Å². The number of aromatic nitrogens is 2. The van der Waals surface area contributed by atoms with Crippen molar-refractivity contribution in [3.63, 3.8) is 0 Å². The van der Waals surface area contributed by atoms with Gasteiger partial charge in [0.2, 0.25) is 5.88 Å². The van der Waals surface area contributed by atoms with Gasteiger partial charge >= 0.3 is 0 Å². The van der Waals surface area contributed by atoms with Crippen LogP contribution in [0.5, 0.6) is 11.6 Å². The highest BCUT2D eigenvalue weighted by Crippen LogP contribution is 2.36. The smallest absolute Gasteiger partial charge is 0.264 e. The van der Waals surface area contributed by atoms with E-state index in [1.54, 1.807) is 4.68 Å². The van der Waals surface area contributed by atoms with Gasteiger partial charge in [-0.1, -0.05) is 54.6 Å². The maximum Gasteiger partial charge on any atom is 0.264 e. The summed E-state index contributed by atoms with van der Waals surface area (Å²) in [7, 11) is 1.89. The Morgan fingerprint density at radius 3 is 2.44 bits per heavy atom. The molecule has 5 nitrogen and oxygen atoms in total. The second kappa shape index (κ2) is 9.01. The lowest BCUT2D eigenvalue weighted by atomic mass is 10.1. The molecule has 0 spiro atoms. The summed E-state index contributed by atoms with van der Waals surface area (Å²) in [5, 5.41) is 6.75. The van der Waals surface area contributed by atoms with Gasteiger partial charge in [-0.25, -0.2) is 4.68 Å². The molecule has 1 aliphatic rings.